The first-order valence-corrected chi connectivity index (χ1v) is 19.5. The van der Waals surface area contributed by atoms with E-state index in [4.69, 9.17) is 4.74 Å². The van der Waals surface area contributed by atoms with Crippen LogP contribution in [0.2, 0.25) is 0 Å². The lowest BCUT2D eigenvalue weighted by molar-refractivity contribution is -0.140. The van der Waals surface area contributed by atoms with Crippen molar-refractivity contribution in [3.8, 4) is 0 Å². The van der Waals surface area contributed by atoms with Crippen molar-refractivity contribution in [1.29, 1.82) is 0 Å². The van der Waals surface area contributed by atoms with E-state index in [1.165, 1.54) is 12.1 Å². The van der Waals surface area contributed by atoms with Gasteiger partial charge in [-0.25, -0.2) is 9.18 Å². The number of nitrogens with zero attached hydrogens (tertiary/aromatic N) is 7. The highest BCUT2D eigenvalue weighted by atomic mass is 19.1. The summed E-state index contributed by atoms with van der Waals surface area (Å²) < 4.78 is 22.8. The first-order valence-electron chi connectivity index (χ1n) is 19.5. The molecule has 0 saturated carbocycles. The van der Waals surface area contributed by atoms with Crippen LogP contribution in [-0.2, 0) is 25.7 Å². The number of rotatable bonds is 7. The molecule has 1 aliphatic carbocycles. The van der Waals surface area contributed by atoms with E-state index in [9.17, 15) is 24.3 Å². The Labute approximate surface area is 327 Å². The first kappa shape index (κ1) is 40.3. The number of hydrogen-bond acceptors (Lipinski definition) is 10. The van der Waals surface area contributed by atoms with E-state index in [0.29, 0.717) is 75.6 Å². The number of ketones is 2. The monoisotopic (exact) mass is 769 g/mol. The SMILES string of the molecule is C/C(=C\c1cc(F)cc(N2CCN(C(=O)Cn3cccn3)CC2)c1)[C@H]1C(=O)C(=O)C[C@H](O)CC[C@H](C)[C@@H](OC(=O)N2CCN(c3ccncc3)CC2)/C=C/[C@@H]1C. The Morgan fingerprint density at radius 1 is 0.893 bits per heavy atom. The summed E-state index contributed by atoms with van der Waals surface area (Å²) in [7, 11) is 0. The summed E-state index contributed by atoms with van der Waals surface area (Å²) in [5.41, 5.74) is 2.79. The lowest BCUT2D eigenvalue weighted by Gasteiger charge is -2.36. The number of ether oxygens (including phenoxy) is 1. The van der Waals surface area contributed by atoms with E-state index < -0.39 is 47.5 Å². The summed E-state index contributed by atoms with van der Waals surface area (Å²) in [5, 5.41) is 14.9. The first-order chi connectivity index (χ1) is 26.9. The molecule has 0 unspecified atom stereocenters. The second-order valence-electron chi connectivity index (χ2n) is 15.2. The zero-order valence-corrected chi connectivity index (χ0v) is 32.4. The molecule has 3 aliphatic rings. The molecule has 14 heteroatoms. The summed E-state index contributed by atoms with van der Waals surface area (Å²) in [5.74, 6) is -3.32. The van der Waals surface area contributed by atoms with Crippen molar-refractivity contribution >= 4 is 41.0 Å². The van der Waals surface area contributed by atoms with Gasteiger partial charge in [0.2, 0.25) is 17.5 Å². The van der Waals surface area contributed by atoms with Gasteiger partial charge in [-0.3, -0.25) is 24.0 Å². The molecule has 0 radical (unpaired) electrons. The topological polar surface area (TPSA) is 141 Å². The Kier molecular flexibility index (Phi) is 13.3. The van der Waals surface area contributed by atoms with E-state index >= 15 is 4.39 Å². The highest BCUT2D eigenvalue weighted by molar-refractivity contribution is 6.38. The zero-order valence-electron chi connectivity index (χ0n) is 32.4. The van der Waals surface area contributed by atoms with E-state index in [2.05, 4.69) is 15.0 Å². The molecular formula is C42H52FN7O6. The summed E-state index contributed by atoms with van der Waals surface area (Å²) in [6.07, 6.45) is 10.6. The van der Waals surface area contributed by atoms with Gasteiger partial charge in [0.25, 0.3) is 0 Å². The third-order valence-corrected chi connectivity index (χ3v) is 11.1. The zero-order chi connectivity index (χ0) is 39.8. The maximum atomic E-state index is 15.1. The van der Waals surface area contributed by atoms with Gasteiger partial charge in [-0.1, -0.05) is 31.6 Å². The van der Waals surface area contributed by atoms with Gasteiger partial charge in [-0.2, -0.15) is 5.10 Å². The molecule has 2 amide bonds. The Hall–Kier alpha value is -5.37. The van der Waals surface area contributed by atoms with Crippen LogP contribution in [-0.4, -0.2) is 118 Å². The van der Waals surface area contributed by atoms with Crippen LogP contribution in [0.5, 0.6) is 0 Å². The van der Waals surface area contributed by atoms with Gasteiger partial charge in [-0.05, 0) is 79.6 Å². The number of carbonyl (C=O) groups excluding carboxylic acids is 4. The van der Waals surface area contributed by atoms with E-state index in [-0.39, 0.29) is 31.2 Å². The normalized spacial score (nSPS) is 25.0. The second kappa shape index (κ2) is 18.5. The largest absolute Gasteiger partial charge is 0.442 e. The molecule has 298 valence electrons. The van der Waals surface area contributed by atoms with Crippen molar-refractivity contribution in [3.63, 3.8) is 0 Å². The highest BCUT2D eigenvalue weighted by Gasteiger charge is 2.34. The van der Waals surface area contributed by atoms with Crippen LogP contribution in [0.15, 0.2) is 78.9 Å². The summed E-state index contributed by atoms with van der Waals surface area (Å²) >= 11 is 0. The second-order valence-corrected chi connectivity index (χ2v) is 15.2. The minimum atomic E-state index is -1.03. The molecule has 1 N–H and O–H groups in total. The molecule has 1 aromatic carbocycles. The Balaban J connectivity index is 1.15. The van der Waals surface area contributed by atoms with Crippen molar-refractivity contribution in [1.82, 2.24) is 24.6 Å². The maximum absolute atomic E-state index is 15.1. The van der Waals surface area contributed by atoms with Gasteiger partial charge in [-0.15, -0.1) is 0 Å². The molecule has 0 spiro atoms. The summed E-state index contributed by atoms with van der Waals surface area (Å²) in [6, 6.07) is 10.3. The smallest absolute Gasteiger partial charge is 0.410 e. The lowest BCUT2D eigenvalue weighted by Crippen LogP contribution is -2.49. The number of aliphatic hydroxyl groups is 1. The number of hydrogen-bond donors (Lipinski definition) is 1. The molecule has 13 nitrogen and oxygen atoms in total. The number of anilines is 2. The molecule has 2 saturated heterocycles. The number of allylic oxidation sites excluding steroid dienone is 2. The Morgan fingerprint density at radius 3 is 2.25 bits per heavy atom. The van der Waals surface area contributed by atoms with Crippen LogP contribution < -0.4 is 9.80 Å². The van der Waals surface area contributed by atoms with Crippen LogP contribution in [0.25, 0.3) is 6.08 Å². The summed E-state index contributed by atoms with van der Waals surface area (Å²) in [4.78, 5) is 65.1. The van der Waals surface area contributed by atoms with Crippen LogP contribution in [0.3, 0.4) is 0 Å². The third kappa shape index (κ3) is 10.3. The number of aliphatic hydroxyl groups excluding tert-OH is 1. The molecule has 2 aliphatic heterocycles. The van der Waals surface area contributed by atoms with E-state index in [0.717, 1.165) is 5.69 Å². The number of benzene rings is 1. The number of carbonyl (C=O) groups is 4. The van der Waals surface area contributed by atoms with Crippen molar-refractivity contribution in [2.75, 3.05) is 62.2 Å². The fourth-order valence-electron chi connectivity index (χ4n) is 7.77. The predicted molar refractivity (Wildman–Crippen MR) is 210 cm³/mol. The molecular weight excluding hydrogens is 718 g/mol. The van der Waals surface area contributed by atoms with Gasteiger partial charge >= 0.3 is 6.09 Å². The fourth-order valence-corrected chi connectivity index (χ4v) is 7.77. The quantitative estimate of drug-likeness (QED) is 0.267. The highest BCUT2D eigenvalue weighted by Crippen LogP contribution is 2.30. The van der Waals surface area contributed by atoms with Crippen molar-refractivity contribution in [3.05, 3.63) is 90.3 Å². The average Bonchev–Trinajstić information content (AvgIpc) is 3.71. The predicted octanol–water partition coefficient (Wildman–Crippen LogP) is 4.62. The van der Waals surface area contributed by atoms with Gasteiger partial charge in [0.05, 0.1) is 12.0 Å². The van der Waals surface area contributed by atoms with Crippen LogP contribution in [0, 0.1) is 23.6 Å². The van der Waals surface area contributed by atoms with Gasteiger partial charge in [0.1, 0.15) is 18.5 Å². The maximum Gasteiger partial charge on any atom is 0.410 e. The number of halogens is 1. The Bertz CT molecular complexity index is 1890. The van der Waals surface area contributed by atoms with Crippen LogP contribution >= 0.6 is 0 Å². The minimum absolute atomic E-state index is 0.0337. The van der Waals surface area contributed by atoms with E-state index in [1.807, 2.05) is 43.0 Å². The van der Waals surface area contributed by atoms with Crippen molar-refractivity contribution in [2.45, 2.75) is 58.8 Å². The fraction of sp³-hybridized carbons (Fsp3) is 0.476. The number of amides is 2. The Morgan fingerprint density at radius 2 is 1.57 bits per heavy atom. The van der Waals surface area contributed by atoms with Gasteiger partial charge in [0, 0.05) is 94.9 Å². The molecule has 0 bridgehead atoms. The molecule has 3 aromatic rings. The molecule has 4 heterocycles. The van der Waals surface area contributed by atoms with Crippen molar-refractivity contribution < 1.29 is 33.4 Å². The minimum Gasteiger partial charge on any atom is -0.442 e. The molecule has 2 aromatic heterocycles. The van der Waals surface area contributed by atoms with Gasteiger partial charge < -0.3 is 29.4 Å². The standard InChI is InChI=1S/C42H52FN7O6/c1-29-5-7-36(51)27-37(52)41(54)40(30(2)6-8-38(29)56-42(55)49-21-17-46(18-22-49)34-9-12-44-13-10-34)31(3)23-32-24-33(43)26-35(25-32)47-15-19-48(20-16-47)39(53)28-50-14-4-11-45-50/h4,6,8-14,23-26,29-30,36,38,40,51H,5,7,15-22,27-28H2,1-3H3/b8-6+,31-23+/t29-,30-,36+,38-,40-/m0/s1. The number of Topliss-reactive ketones (excluding diaryl/α,β-unsaturated/α-hetero) is 2. The molecule has 6 rings (SSSR count). The van der Waals surface area contributed by atoms with Crippen LogP contribution in [0.4, 0.5) is 20.6 Å². The lowest BCUT2D eigenvalue weighted by atomic mass is 9.80. The van der Waals surface area contributed by atoms with Crippen LogP contribution in [0.1, 0.15) is 45.6 Å². The molecule has 2 fully saturated rings. The number of aromatic nitrogens is 3. The number of pyridine rings is 1. The third-order valence-electron chi connectivity index (χ3n) is 11.1. The van der Waals surface area contributed by atoms with Crippen molar-refractivity contribution in [2.24, 2.45) is 17.8 Å². The molecule has 56 heavy (non-hydrogen) atoms. The van der Waals surface area contributed by atoms with E-state index in [1.54, 1.807) is 64.4 Å². The average molecular weight is 770 g/mol. The van der Waals surface area contributed by atoms with Gasteiger partial charge in [0.15, 0.2) is 0 Å². The molecule has 5 atom stereocenters. The summed E-state index contributed by atoms with van der Waals surface area (Å²) in [6.45, 7) is 9.97. The number of piperazine rings is 2.